The Labute approximate surface area is 87.0 Å². The molecule has 0 atom stereocenters. The van der Waals surface area contributed by atoms with Crippen molar-refractivity contribution in [3.05, 3.63) is 30.3 Å². The molecule has 1 aromatic rings. The second-order valence-corrected chi connectivity index (χ2v) is 4.71. The highest BCUT2D eigenvalue weighted by Crippen LogP contribution is 2.26. The van der Waals surface area contributed by atoms with Crippen LogP contribution in [0.15, 0.2) is 30.3 Å². The number of para-hydroxylation sites is 1. The number of hydrogen-bond donors (Lipinski definition) is 5. The van der Waals surface area contributed by atoms with Gasteiger partial charge in [-0.3, -0.25) is 0 Å². The Balaban J connectivity index is 0.000000252. The first-order valence-corrected chi connectivity index (χ1v) is 6.27. The Morgan fingerprint density at radius 2 is 1.54 bits per heavy atom. The largest absolute Gasteiger partial charge is 0.332 e. The number of thiol groups is 1. The van der Waals surface area contributed by atoms with E-state index in [1.54, 1.807) is 0 Å². The van der Waals surface area contributed by atoms with Gasteiger partial charge in [-0.25, -0.2) is 0 Å². The monoisotopic (exact) mass is 239 g/mol. The molecule has 74 valence electrons. The molecular weight excluding hydrogens is 229 g/mol. The smallest absolute Gasteiger partial charge is 0.319 e. The molecule has 0 aromatic heterocycles. The SMILES string of the molecule is OP(O)(O)=S.SNc1ccccc1. The molecule has 0 saturated carbocycles. The van der Waals surface area contributed by atoms with E-state index in [2.05, 4.69) is 29.3 Å². The predicted molar refractivity (Wildman–Crippen MR) is 60.0 cm³/mol. The first kappa shape index (κ1) is 12.9. The van der Waals surface area contributed by atoms with E-state index in [0.717, 1.165) is 5.69 Å². The van der Waals surface area contributed by atoms with Crippen molar-refractivity contribution < 1.29 is 14.7 Å². The summed E-state index contributed by atoms with van der Waals surface area (Å²) in [6.45, 7) is -3.81. The van der Waals surface area contributed by atoms with Crippen LogP contribution < -0.4 is 4.72 Å². The second kappa shape index (κ2) is 6.37. The summed E-state index contributed by atoms with van der Waals surface area (Å²) in [7, 11) is 0. The van der Waals surface area contributed by atoms with Crippen molar-refractivity contribution in [2.75, 3.05) is 4.72 Å². The fourth-order valence-electron chi connectivity index (χ4n) is 0.513. The molecule has 7 heteroatoms. The van der Waals surface area contributed by atoms with Gasteiger partial charge in [0.25, 0.3) is 0 Å². The van der Waals surface area contributed by atoms with E-state index >= 15 is 0 Å². The molecule has 0 bridgehead atoms. The van der Waals surface area contributed by atoms with Crippen LogP contribution in [0.1, 0.15) is 0 Å². The molecule has 0 amide bonds. The number of nitrogens with one attached hydrogen (secondary N) is 1. The zero-order valence-electron chi connectivity index (χ0n) is 6.53. The Morgan fingerprint density at radius 1 is 1.15 bits per heavy atom. The molecule has 0 fully saturated rings. The van der Waals surface area contributed by atoms with E-state index in [4.69, 9.17) is 14.7 Å². The Kier molecular flexibility index (Phi) is 6.32. The van der Waals surface area contributed by atoms with Crippen LogP contribution in [0.3, 0.4) is 0 Å². The van der Waals surface area contributed by atoms with Crippen molar-refractivity contribution in [3.63, 3.8) is 0 Å². The van der Waals surface area contributed by atoms with Gasteiger partial charge in [-0.15, -0.1) is 0 Å². The molecule has 0 spiro atoms. The fraction of sp³-hybridized carbons (Fsp3) is 0. The summed E-state index contributed by atoms with van der Waals surface area (Å²) in [5.74, 6) is 0. The van der Waals surface area contributed by atoms with Crippen molar-refractivity contribution >= 4 is 37.0 Å². The molecule has 0 saturated heterocycles. The average molecular weight is 239 g/mol. The quantitative estimate of drug-likeness (QED) is 0.375. The maximum Gasteiger partial charge on any atom is 0.319 e. The van der Waals surface area contributed by atoms with Crippen molar-refractivity contribution in [2.45, 2.75) is 0 Å². The van der Waals surface area contributed by atoms with E-state index in [1.165, 1.54) is 0 Å². The lowest BCUT2D eigenvalue weighted by atomic mass is 10.3. The lowest BCUT2D eigenvalue weighted by Crippen LogP contribution is -1.75. The molecule has 0 aliphatic rings. The first-order chi connectivity index (χ1) is 5.93. The van der Waals surface area contributed by atoms with Crippen LogP contribution >= 0.6 is 19.5 Å². The lowest BCUT2D eigenvalue weighted by molar-refractivity contribution is 0.363. The molecule has 4 nitrogen and oxygen atoms in total. The molecule has 13 heavy (non-hydrogen) atoms. The van der Waals surface area contributed by atoms with Gasteiger partial charge < -0.3 is 19.4 Å². The van der Waals surface area contributed by atoms with Gasteiger partial charge in [0.05, 0.1) is 0 Å². The summed E-state index contributed by atoms with van der Waals surface area (Å²) in [5.41, 5.74) is 1.02. The number of anilines is 1. The summed E-state index contributed by atoms with van der Waals surface area (Å²) >= 11 is 7.46. The Morgan fingerprint density at radius 3 is 1.77 bits per heavy atom. The van der Waals surface area contributed by atoms with Gasteiger partial charge >= 0.3 is 6.72 Å². The maximum atomic E-state index is 7.56. The van der Waals surface area contributed by atoms with E-state index in [0.29, 0.717) is 0 Å². The number of rotatable bonds is 1. The van der Waals surface area contributed by atoms with Gasteiger partial charge in [-0.1, -0.05) is 31.0 Å². The van der Waals surface area contributed by atoms with Gasteiger partial charge in [-0.05, 0) is 23.9 Å². The van der Waals surface area contributed by atoms with Crippen LogP contribution in [0.25, 0.3) is 0 Å². The van der Waals surface area contributed by atoms with Crippen LogP contribution in [-0.4, -0.2) is 14.7 Å². The van der Waals surface area contributed by atoms with E-state index < -0.39 is 6.72 Å². The normalized spacial score (nSPS) is 9.85. The van der Waals surface area contributed by atoms with Gasteiger partial charge in [0.2, 0.25) is 0 Å². The minimum Gasteiger partial charge on any atom is -0.332 e. The third-order valence-corrected chi connectivity index (χ3v) is 1.16. The van der Waals surface area contributed by atoms with Crippen LogP contribution in [-0.2, 0) is 11.8 Å². The molecule has 1 rings (SSSR count). The Hall–Kier alpha value is -0.100. The minimum absolute atomic E-state index is 1.02. The molecule has 0 aliphatic heterocycles. The van der Waals surface area contributed by atoms with Crippen molar-refractivity contribution in [1.82, 2.24) is 0 Å². The van der Waals surface area contributed by atoms with E-state index in [9.17, 15) is 0 Å². The molecule has 0 radical (unpaired) electrons. The Bertz CT molecular complexity index is 268. The van der Waals surface area contributed by atoms with Crippen LogP contribution in [0.2, 0.25) is 0 Å². The van der Waals surface area contributed by atoms with Crippen LogP contribution in [0, 0.1) is 0 Å². The third-order valence-electron chi connectivity index (χ3n) is 0.903. The summed E-state index contributed by atoms with van der Waals surface area (Å²) in [6.07, 6.45) is 0. The number of benzene rings is 1. The summed E-state index contributed by atoms with van der Waals surface area (Å²) < 4.78 is 2.72. The van der Waals surface area contributed by atoms with Gasteiger partial charge in [0, 0.05) is 5.69 Å². The van der Waals surface area contributed by atoms with Crippen molar-refractivity contribution in [1.29, 1.82) is 0 Å². The van der Waals surface area contributed by atoms with Crippen molar-refractivity contribution in [3.8, 4) is 0 Å². The minimum atomic E-state index is -3.81. The maximum absolute atomic E-state index is 7.56. The van der Waals surface area contributed by atoms with Crippen LogP contribution in [0.5, 0.6) is 0 Å². The van der Waals surface area contributed by atoms with Gasteiger partial charge in [0.15, 0.2) is 0 Å². The zero-order chi connectivity index (χ0) is 10.3. The standard InChI is InChI=1S/C6H7NS.H3O3PS/c8-7-6-4-2-1-3-5-6;1-4(2,3)5/h1-5,7-8H;(H3,1,2,3,5). The van der Waals surface area contributed by atoms with Crippen LogP contribution in [0.4, 0.5) is 5.69 Å². The molecule has 4 N–H and O–H groups in total. The van der Waals surface area contributed by atoms with Gasteiger partial charge in [0.1, 0.15) is 0 Å². The average Bonchev–Trinajstić information content (AvgIpc) is 2.03. The topological polar surface area (TPSA) is 72.7 Å². The highest BCUT2D eigenvalue weighted by atomic mass is 32.5. The fourth-order valence-corrected chi connectivity index (χ4v) is 0.662. The molecular formula is C6H10NO3PS2. The van der Waals surface area contributed by atoms with E-state index in [1.807, 2.05) is 30.3 Å². The molecule has 1 aromatic carbocycles. The van der Waals surface area contributed by atoms with Crippen molar-refractivity contribution in [2.24, 2.45) is 0 Å². The van der Waals surface area contributed by atoms with E-state index in [-0.39, 0.29) is 0 Å². The lowest BCUT2D eigenvalue weighted by Gasteiger charge is -1.92. The highest BCUT2D eigenvalue weighted by Gasteiger charge is 1.92. The predicted octanol–water partition coefficient (Wildman–Crippen LogP) is 1.13. The summed E-state index contributed by atoms with van der Waals surface area (Å²) in [4.78, 5) is 22.7. The zero-order valence-corrected chi connectivity index (χ0v) is 9.14. The van der Waals surface area contributed by atoms with Gasteiger partial charge in [-0.2, -0.15) is 0 Å². The number of hydrogen-bond acceptors (Lipinski definition) is 3. The third kappa shape index (κ3) is 11.9. The molecule has 0 aliphatic carbocycles. The molecule has 0 heterocycles. The highest BCUT2D eigenvalue weighted by molar-refractivity contribution is 8.06. The second-order valence-electron chi connectivity index (χ2n) is 1.99. The summed E-state index contributed by atoms with van der Waals surface area (Å²) in [5, 5.41) is 0. The first-order valence-electron chi connectivity index (χ1n) is 3.17. The molecule has 0 unspecified atom stereocenters. The summed E-state index contributed by atoms with van der Waals surface area (Å²) in [6, 6.07) is 9.78.